The molecule has 0 aliphatic rings. The lowest BCUT2D eigenvalue weighted by atomic mass is 10.0. The zero-order valence-electron chi connectivity index (χ0n) is 9.22. The highest BCUT2D eigenvalue weighted by molar-refractivity contribution is 5.19. The highest BCUT2D eigenvalue weighted by Gasteiger charge is 1.96. The number of allylic oxidation sites excluding steroid dienone is 3. The molecule has 0 saturated carbocycles. The predicted molar refractivity (Wildman–Crippen MR) is 60.6 cm³/mol. The van der Waals surface area contributed by atoms with E-state index in [1.54, 1.807) is 0 Å². The van der Waals surface area contributed by atoms with E-state index in [9.17, 15) is 0 Å². The Balaban J connectivity index is 4.21. The van der Waals surface area contributed by atoms with Crippen LogP contribution in [0.1, 0.15) is 40.0 Å². The first kappa shape index (κ1) is 12.4. The molecule has 0 aromatic carbocycles. The second-order valence-corrected chi connectivity index (χ2v) is 3.52. The highest BCUT2D eigenvalue weighted by Crippen LogP contribution is 2.10. The van der Waals surface area contributed by atoms with Crippen LogP contribution < -0.4 is 5.73 Å². The van der Waals surface area contributed by atoms with E-state index in [1.165, 1.54) is 18.4 Å². The first-order chi connectivity index (χ1) is 6.24. The summed E-state index contributed by atoms with van der Waals surface area (Å²) in [5.74, 6) is 0.503. The molecule has 0 spiro atoms. The van der Waals surface area contributed by atoms with Crippen LogP contribution in [0.3, 0.4) is 0 Å². The minimum Gasteiger partial charge on any atom is -0.330 e. The zero-order valence-corrected chi connectivity index (χ0v) is 9.22. The maximum absolute atomic E-state index is 5.58. The van der Waals surface area contributed by atoms with Crippen molar-refractivity contribution in [2.24, 2.45) is 11.7 Å². The van der Waals surface area contributed by atoms with Gasteiger partial charge in [-0.3, -0.25) is 0 Å². The molecule has 1 heteroatoms. The average Bonchev–Trinajstić information content (AvgIpc) is 2.14. The molecule has 2 N–H and O–H groups in total. The van der Waals surface area contributed by atoms with Crippen LogP contribution in [-0.4, -0.2) is 6.54 Å². The Morgan fingerprint density at radius 3 is 2.54 bits per heavy atom. The summed E-state index contributed by atoms with van der Waals surface area (Å²) in [6, 6.07) is 0. The highest BCUT2D eigenvalue weighted by atomic mass is 14.5. The summed E-state index contributed by atoms with van der Waals surface area (Å²) < 4.78 is 0. The van der Waals surface area contributed by atoms with Crippen LogP contribution in [0.5, 0.6) is 0 Å². The molecule has 0 radical (unpaired) electrons. The first-order valence-corrected chi connectivity index (χ1v) is 5.31. The third kappa shape index (κ3) is 6.59. The smallest absolute Gasteiger partial charge is 0.00166 e. The van der Waals surface area contributed by atoms with Gasteiger partial charge in [0.1, 0.15) is 0 Å². The molecule has 0 aromatic rings. The van der Waals surface area contributed by atoms with E-state index in [0.29, 0.717) is 5.92 Å². The van der Waals surface area contributed by atoms with E-state index in [4.69, 9.17) is 5.73 Å². The lowest BCUT2D eigenvalue weighted by Gasteiger charge is -2.05. The van der Waals surface area contributed by atoms with Crippen LogP contribution in [0.25, 0.3) is 0 Å². The summed E-state index contributed by atoms with van der Waals surface area (Å²) in [6.07, 6.45) is 10.2. The Hall–Kier alpha value is -0.560. The summed E-state index contributed by atoms with van der Waals surface area (Å²) >= 11 is 0. The fraction of sp³-hybridized carbons (Fsp3) is 0.667. The fourth-order valence-corrected chi connectivity index (χ4v) is 1.21. The Morgan fingerprint density at radius 1 is 1.38 bits per heavy atom. The minimum absolute atomic E-state index is 0.503. The quantitative estimate of drug-likeness (QED) is 0.625. The van der Waals surface area contributed by atoms with Crippen molar-refractivity contribution < 1.29 is 0 Å². The standard InChI is InChI=1S/C12H23N/c1-4-6-8-12(7-5-2)9-11(3)10-13/h6,8-9,11H,4-5,7,10,13H2,1-3H3/b8-6-,12-9-. The summed E-state index contributed by atoms with van der Waals surface area (Å²) in [5.41, 5.74) is 7.01. The van der Waals surface area contributed by atoms with Gasteiger partial charge in [-0.2, -0.15) is 0 Å². The van der Waals surface area contributed by atoms with Gasteiger partial charge in [-0.15, -0.1) is 0 Å². The molecular formula is C12H23N. The van der Waals surface area contributed by atoms with E-state index in [2.05, 4.69) is 39.0 Å². The topological polar surface area (TPSA) is 26.0 Å². The molecule has 1 atom stereocenters. The van der Waals surface area contributed by atoms with E-state index >= 15 is 0 Å². The summed E-state index contributed by atoms with van der Waals surface area (Å²) in [6.45, 7) is 7.27. The van der Waals surface area contributed by atoms with Crippen LogP contribution in [0, 0.1) is 5.92 Å². The van der Waals surface area contributed by atoms with Gasteiger partial charge in [-0.05, 0) is 25.3 Å². The molecule has 0 fully saturated rings. The predicted octanol–water partition coefficient (Wildman–Crippen LogP) is 3.27. The van der Waals surface area contributed by atoms with Crippen molar-refractivity contribution in [1.29, 1.82) is 0 Å². The van der Waals surface area contributed by atoms with Crippen molar-refractivity contribution in [3.8, 4) is 0 Å². The third-order valence-corrected chi connectivity index (χ3v) is 1.98. The van der Waals surface area contributed by atoms with E-state index in [0.717, 1.165) is 13.0 Å². The van der Waals surface area contributed by atoms with Crippen molar-refractivity contribution in [2.75, 3.05) is 6.54 Å². The summed E-state index contributed by atoms with van der Waals surface area (Å²) in [5, 5.41) is 0. The monoisotopic (exact) mass is 181 g/mol. The van der Waals surface area contributed by atoms with Gasteiger partial charge >= 0.3 is 0 Å². The van der Waals surface area contributed by atoms with Gasteiger partial charge in [-0.1, -0.05) is 51.0 Å². The Labute approximate surface area is 82.7 Å². The molecule has 0 aliphatic carbocycles. The van der Waals surface area contributed by atoms with Crippen LogP contribution in [0.15, 0.2) is 23.8 Å². The molecule has 0 aliphatic heterocycles. The molecule has 0 heterocycles. The number of nitrogens with two attached hydrogens (primary N) is 1. The van der Waals surface area contributed by atoms with Gasteiger partial charge in [0, 0.05) is 0 Å². The molecule has 0 saturated heterocycles. The largest absolute Gasteiger partial charge is 0.330 e. The van der Waals surface area contributed by atoms with Gasteiger partial charge in [-0.25, -0.2) is 0 Å². The van der Waals surface area contributed by atoms with Gasteiger partial charge in [0.05, 0.1) is 0 Å². The number of hydrogen-bond donors (Lipinski definition) is 1. The second-order valence-electron chi connectivity index (χ2n) is 3.52. The van der Waals surface area contributed by atoms with Crippen LogP contribution in [0.4, 0.5) is 0 Å². The van der Waals surface area contributed by atoms with Crippen LogP contribution >= 0.6 is 0 Å². The molecule has 1 unspecified atom stereocenters. The SMILES string of the molecule is CC/C=C\C(=C/C(C)CN)CCC. The maximum atomic E-state index is 5.58. The zero-order chi connectivity index (χ0) is 10.1. The molecule has 0 aromatic heterocycles. The van der Waals surface area contributed by atoms with Crippen molar-refractivity contribution in [3.05, 3.63) is 23.8 Å². The molecule has 0 amide bonds. The van der Waals surface area contributed by atoms with Crippen LogP contribution in [0.2, 0.25) is 0 Å². The maximum Gasteiger partial charge on any atom is -0.00166 e. The molecule has 1 nitrogen and oxygen atoms in total. The van der Waals surface area contributed by atoms with Crippen molar-refractivity contribution >= 4 is 0 Å². The lowest BCUT2D eigenvalue weighted by Crippen LogP contribution is -2.08. The van der Waals surface area contributed by atoms with E-state index < -0.39 is 0 Å². The molecule has 0 rings (SSSR count). The van der Waals surface area contributed by atoms with Gasteiger partial charge < -0.3 is 5.73 Å². The molecule has 76 valence electrons. The van der Waals surface area contributed by atoms with Gasteiger partial charge in [0.2, 0.25) is 0 Å². The van der Waals surface area contributed by atoms with Gasteiger partial charge in [0.25, 0.3) is 0 Å². The summed E-state index contributed by atoms with van der Waals surface area (Å²) in [4.78, 5) is 0. The van der Waals surface area contributed by atoms with Crippen LogP contribution in [-0.2, 0) is 0 Å². The first-order valence-electron chi connectivity index (χ1n) is 5.31. The second kappa shape index (κ2) is 8.06. The fourth-order valence-electron chi connectivity index (χ4n) is 1.21. The Morgan fingerprint density at radius 2 is 2.08 bits per heavy atom. The molecule has 13 heavy (non-hydrogen) atoms. The lowest BCUT2D eigenvalue weighted by molar-refractivity contribution is 0.728. The van der Waals surface area contributed by atoms with E-state index in [-0.39, 0.29) is 0 Å². The Bertz CT molecular complexity index is 168. The minimum atomic E-state index is 0.503. The third-order valence-electron chi connectivity index (χ3n) is 1.98. The normalized spacial score (nSPS) is 15.2. The van der Waals surface area contributed by atoms with Crippen molar-refractivity contribution in [3.63, 3.8) is 0 Å². The number of rotatable bonds is 6. The van der Waals surface area contributed by atoms with Crippen molar-refractivity contribution in [2.45, 2.75) is 40.0 Å². The molecular weight excluding hydrogens is 158 g/mol. The van der Waals surface area contributed by atoms with Crippen molar-refractivity contribution in [1.82, 2.24) is 0 Å². The van der Waals surface area contributed by atoms with Gasteiger partial charge in [0.15, 0.2) is 0 Å². The summed E-state index contributed by atoms with van der Waals surface area (Å²) in [7, 11) is 0. The van der Waals surface area contributed by atoms with E-state index in [1.807, 2.05) is 0 Å². The Kier molecular flexibility index (Phi) is 7.71. The average molecular weight is 181 g/mol. The molecule has 0 bridgehead atoms. The number of hydrogen-bond acceptors (Lipinski definition) is 1.